The topological polar surface area (TPSA) is 52.3 Å². The van der Waals surface area contributed by atoms with Gasteiger partial charge in [0.2, 0.25) is 5.88 Å². The van der Waals surface area contributed by atoms with Crippen LogP contribution in [0.5, 0.6) is 5.88 Å². The summed E-state index contributed by atoms with van der Waals surface area (Å²) in [7, 11) is 0. The third-order valence-corrected chi connectivity index (χ3v) is 2.65. The molecule has 0 aliphatic rings. The molecule has 5 nitrogen and oxygen atoms in total. The van der Waals surface area contributed by atoms with Crippen LogP contribution < -0.4 is 4.74 Å². The zero-order chi connectivity index (χ0) is 14.9. The summed E-state index contributed by atoms with van der Waals surface area (Å²) in [5.41, 5.74) is 1.18. The zero-order valence-electron chi connectivity index (χ0n) is 10.6. The van der Waals surface area contributed by atoms with Gasteiger partial charge in [-0.25, -0.2) is 0 Å². The van der Waals surface area contributed by atoms with Crippen LogP contribution >= 0.6 is 0 Å². The number of fused-ring (bicyclic) bond motifs is 1. The van der Waals surface area contributed by atoms with Crippen LogP contribution in [0.1, 0.15) is 0 Å². The number of ether oxygens (including phenoxy) is 1. The average Bonchev–Trinajstić information content (AvgIpc) is 2.88. The lowest BCUT2D eigenvalue weighted by molar-refractivity contribution is -0.154. The molecule has 0 N–H and O–H groups in total. The monoisotopic (exact) mass is 294 g/mol. The minimum Gasteiger partial charge on any atom is -0.467 e. The van der Waals surface area contributed by atoms with E-state index in [1.165, 1.54) is 16.6 Å². The Morgan fingerprint density at radius 3 is 2.48 bits per heavy atom. The summed E-state index contributed by atoms with van der Waals surface area (Å²) in [6.07, 6.45) is -4.41. The van der Waals surface area contributed by atoms with Crippen molar-refractivity contribution in [2.45, 2.75) is 6.18 Å². The van der Waals surface area contributed by atoms with Gasteiger partial charge >= 0.3 is 6.18 Å². The van der Waals surface area contributed by atoms with E-state index in [4.69, 9.17) is 0 Å². The molecule has 2 heterocycles. The third kappa shape index (κ3) is 2.93. The van der Waals surface area contributed by atoms with Gasteiger partial charge in [-0.15, -0.1) is 15.3 Å². The zero-order valence-corrected chi connectivity index (χ0v) is 10.6. The molecule has 1 aromatic carbocycles. The first-order valence-electron chi connectivity index (χ1n) is 6.00. The molecule has 0 spiro atoms. The predicted octanol–water partition coefficient (Wildman–Crippen LogP) is 2.73. The highest BCUT2D eigenvalue weighted by Gasteiger charge is 2.28. The number of benzene rings is 1. The summed E-state index contributed by atoms with van der Waals surface area (Å²) in [5, 5.41) is 11.9. The van der Waals surface area contributed by atoms with Gasteiger partial charge in [0.15, 0.2) is 18.1 Å². The van der Waals surface area contributed by atoms with E-state index in [1.54, 1.807) is 12.1 Å². The molecule has 21 heavy (non-hydrogen) atoms. The molecular weight excluding hydrogens is 285 g/mol. The molecule has 0 aliphatic carbocycles. The molecule has 0 bridgehead atoms. The summed E-state index contributed by atoms with van der Waals surface area (Å²) in [5.74, 6) is 0.292. The lowest BCUT2D eigenvalue weighted by Gasteiger charge is -2.08. The molecule has 2 aromatic heterocycles. The first-order chi connectivity index (χ1) is 10.0. The van der Waals surface area contributed by atoms with E-state index in [9.17, 15) is 13.2 Å². The lowest BCUT2D eigenvalue weighted by Crippen LogP contribution is -2.20. The molecule has 108 valence electrons. The minimum atomic E-state index is -4.41. The second-order valence-electron chi connectivity index (χ2n) is 4.24. The Balaban J connectivity index is 1.97. The van der Waals surface area contributed by atoms with Crippen LogP contribution in [0.25, 0.3) is 17.0 Å². The molecule has 8 heteroatoms. The normalized spacial score (nSPS) is 11.8. The van der Waals surface area contributed by atoms with Gasteiger partial charge in [0.05, 0.1) is 0 Å². The Bertz CT molecular complexity index is 755. The van der Waals surface area contributed by atoms with Crippen molar-refractivity contribution in [3.05, 3.63) is 42.5 Å². The molecule has 0 fully saturated rings. The molecular formula is C13H9F3N4O. The lowest BCUT2D eigenvalue weighted by atomic mass is 10.2. The molecule has 3 aromatic rings. The molecule has 0 amide bonds. The second kappa shape index (κ2) is 5.04. The Hall–Kier alpha value is -2.64. The highest BCUT2D eigenvalue weighted by molar-refractivity contribution is 5.58. The molecule has 0 unspecified atom stereocenters. The van der Waals surface area contributed by atoms with Gasteiger partial charge in [-0.1, -0.05) is 30.3 Å². The van der Waals surface area contributed by atoms with E-state index in [-0.39, 0.29) is 5.88 Å². The van der Waals surface area contributed by atoms with E-state index < -0.39 is 12.8 Å². The largest absolute Gasteiger partial charge is 0.467 e. The first-order valence-corrected chi connectivity index (χ1v) is 6.00. The summed E-state index contributed by atoms with van der Waals surface area (Å²) in [6, 6.07) is 11.9. The maximum atomic E-state index is 12.2. The van der Waals surface area contributed by atoms with Gasteiger partial charge in [-0.3, -0.25) is 0 Å². The number of rotatable bonds is 3. The fraction of sp³-hybridized carbons (Fsp3) is 0.154. The molecule has 0 radical (unpaired) electrons. The molecule has 0 atom stereocenters. The Morgan fingerprint density at radius 2 is 1.76 bits per heavy atom. The van der Waals surface area contributed by atoms with Crippen molar-refractivity contribution < 1.29 is 17.9 Å². The predicted molar refractivity (Wildman–Crippen MR) is 67.8 cm³/mol. The van der Waals surface area contributed by atoms with Crippen LogP contribution in [-0.4, -0.2) is 32.6 Å². The van der Waals surface area contributed by atoms with Gasteiger partial charge in [-0.05, 0) is 6.07 Å². The number of alkyl halides is 3. The van der Waals surface area contributed by atoms with E-state index in [2.05, 4.69) is 20.0 Å². The number of nitrogens with zero attached hydrogens (tertiary/aromatic N) is 4. The van der Waals surface area contributed by atoms with Gasteiger partial charge in [0, 0.05) is 11.6 Å². The van der Waals surface area contributed by atoms with Crippen molar-refractivity contribution >= 4 is 5.65 Å². The Kier molecular flexibility index (Phi) is 3.20. The van der Waals surface area contributed by atoms with Crippen molar-refractivity contribution in [2.24, 2.45) is 0 Å². The van der Waals surface area contributed by atoms with E-state index in [1.807, 2.05) is 18.2 Å². The first kappa shape index (κ1) is 13.3. The number of aromatic nitrogens is 4. The SMILES string of the molecule is FC(F)(F)COc1ccc2nnc(-c3ccccc3)n2n1. The fourth-order valence-electron chi connectivity index (χ4n) is 1.77. The van der Waals surface area contributed by atoms with Gasteiger partial charge < -0.3 is 4.74 Å². The van der Waals surface area contributed by atoms with Gasteiger partial charge in [0.1, 0.15) is 0 Å². The van der Waals surface area contributed by atoms with E-state index in [0.717, 1.165) is 5.56 Å². The summed E-state index contributed by atoms with van der Waals surface area (Å²) < 4.78 is 42.4. The second-order valence-corrected chi connectivity index (χ2v) is 4.24. The molecule has 0 saturated heterocycles. The Labute approximate surface area is 117 Å². The van der Waals surface area contributed by atoms with Crippen LogP contribution in [0.4, 0.5) is 13.2 Å². The highest BCUT2D eigenvalue weighted by atomic mass is 19.4. The quantitative estimate of drug-likeness (QED) is 0.745. The Morgan fingerprint density at radius 1 is 1.00 bits per heavy atom. The summed E-state index contributed by atoms with van der Waals surface area (Å²) in [4.78, 5) is 0. The van der Waals surface area contributed by atoms with Crippen molar-refractivity contribution in [3.8, 4) is 17.3 Å². The van der Waals surface area contributed by atoms with Crippen molar-refractivity contribution in [1.82, 2.24) is 19.8 Å². The van der Waals surface area contributed by atoms with Crippen molar-refractivity contribution in [3.63, 3.8) is 0 Å². The maximum absolute atomic E-state index is 12.2. The molecule has 3 rings (SSSR count). The number of halogens is 3. The van der Waals surface area contributed by atoms with Gasteiger partial charge in [-0.2, -0.15) is 17.7 Å². The molecule has 0 aliphatic heterocycles. The van der Waals surface area contributed by atoms with Crippen LogP contribution in [0.15, 0.2) is 42.5 Å². The minimum absolute atomic E-state index is 0.142. The summed E-state index contributed by atoms with van der Waals surface area (Å²) >= 11 is 0. The van der Waals surface area contributed by atoms with Crippen molar-refractivity contribution in [2.75, 3.05) is 6.61 Å². The van der Waals surface area contributed by atoms with Crippen molar-refractivity contribution in [1.29, 1.82) is 0 Å². The van der Waals surface area contributed by atoms with E-state index in [0.29, 0.717) is 11.5 Å². The number of hydrogen-bond donors (Lipinski definition) is 0. The summed E-state index contributed by atoms with van der Waals surface area (Å²) in [6.45, 7) is -1.39. The smallest absolute Gasteiger partial charge is 0.422 e. The van der Waals surface area contributed by atoms with Gasteiger partial charge in [0.25, 0.3) is 0 Å². The molecule has 0 saturated carbocycles. The fourth-order valence-corrected chi connectivity index (χ4v) is 1.77. The number of hydrogen-bond acceptors (Lipinski definition) is 4. The van der Waals surface area contributed by atoms with Crippen LogP contribution in [0.3, 0.4) is 0 Å². The van der Waals surface area contributed by atoms with E-state index >= 15 is 0 Å². The van der Waals surface area contributed by atoms with Crippen LogP contribution in [-0.2, 0) is 0 Å². The maximum Gasteiger partial charge on any atom is 0.422 e. The van der Waals surface area contributed by atoms with Crippen LogP contribution in [0, 0.1) is 0 Å². The third-order valence-electron chi connectivity index (χ3n) is 2.65. The highest BCUT2D eigenvalue weighted by Crippen LogP contribution is 2.20. The standard InChI is InChI=1S/C13H9F3N4O/c14-13(15,16)8-21-11-7-6-10-17-18-12(20(10)19-11)9-4-2-1-3-5-9/h1-7H,8H2. The van der Waals surface area contributed by atoms with Crippen LogP contribution in [0.2, 0.25) is 0 Å². The average molecular weight is 294 g/mol.